The van der Waals surface area contributed by atoms with Gasteiger partial charge in [0.25, 0.3) is 0 Å². The molecule has 2 nitrogen and oxygen atoms in total. The number of hydrogen-bond donors (Lipinski definition) is 0. The van der Waals surface area contributed by atoms with Crippen LogP contribution in [0.1, 0.15) is 44.1 Å². The lowest BCUT2D eigenvalue weighted by Gasteiger charge is -2.35. The quantitative estimate of drug-likeness (QED) is 0.811. The minimum Gasteiger partial charge on any atom is -0.340 e. The maximum Gasteiger partial charge on any atom is 0.222 e. The Morgan fingerprint density at radius 2 is 2.05 bits per heavy atom. The first-order chi connectivity index (χ1) is 9.74. The van der Waals surface area contributed by atoms with Crippen LogP contribution in [-0.4, -0.2) is 23.4 Å². The molecule has 2 atom stereocenters. The van der Waals surface area contributed by atoms with Crippen molar-refractivity contribution in [3.8, 4) is 0 Å². The topological polar surface area (TPSA) is 20.3 Å². The first-order valence-corrected chi connectivity index (χ1v) is 8.56. The molecule has 1 aromatic carbocycles. The molecule has 0 aromatic heterocycles. The number of carbonyl (C=O) groups is 1. The van der Waals surface area contributed by atoms with Gasteiger partial charge in [-0.3, -0.25) is 4.79 Å². The summed E-state index contributed by atoms with van der Waals surface area (Å²) in [6.45, 7) is 0.991. The Morgan fingerprint density at radius 3 is 2.80 bits per heavy atom. The van der Waals surface area contributed by atoms with Crippen LogP contribution in [0.3, 0.4) is 0 Å². The van der Waals surface area contributed by atoms with Crippen molar-refractivity contribution in [1.29, 1.82) is 0 Å². The second-order valence-electron chi connectivity index (χ2n) is 6.17. The molecule has 3 heteroatoms. The summed E-state index contributed by atoms with van der Waals surface area (Å²) in [5, 5.41) is 0. The van der Waals surface area contributed by atoms with E-state index in [1.54, 1.807) is 0 Å². The zero-order valence-corrected chi connectivity index (χ0v) is 13.4. The largest absolute Gasteiger partial charge is 0.340 e. The lowest BCUT2D eigenvalue weighted by molar-refractivity contribution is -0.130. The zero-order valence-electron chi connectivity index (χ0n) is 11.9. The Bertz CT molecular complexity index is 488. The van der Waals surface area contributed by atoms with E-state index in [-0.39, 0.29) is 0 Å². The molecule has 0 bridgehead atoms. The van der Waals surface area contributed by atoms with Crippen molar-refractivity contribution in [2.75, 3.05) is 6.54 Å². The summed E-state index contributed by atoms with van der Waals surface area (Å²) < 4.78 is 1.22. The minimum atomic E-state index is 0.386. The van der Waals surface area contributed by atoms with Gasteiger partial charge in [0, 0.05) is 23.5 Å². The normalized spacial score (nSPS) is 27.1. The van der Waals surface area contributed by atoms with Crippen LogP contribution in [0.25, 0.3) is 0 Å². The summed E-state index contributed by atoms with van der Waals surface area (Å²) in [5.74, 6) is 1.11. The molecule has 0 radical (unpaired) electrons. The van der Waals surface area contributed by atoms with Crippen molar-refractivity contribution in [3.63, 3.8) is 0 Å². The number of hydrogen-bond acceptors (Lipinski definition) is 1. The third-order valence-corrected chi connectivity index (χ3v) is 5.55. The van der Waals surface area contributed by atoms with Crippen LogP contribution in [0.15, 0.2) is 28.7 Å². The lowest BCUT2D eigenvalue weighted by atomic mass is 9.81. The van der Waals surface area contributed by atoms with Crippen molar-refractivity contribution in [1.82, 2.24) is 4.90 Å². The molecule has 1 saturated heterocycles. The number of rotatable bonds is 3. The molecule has 1 aliphatic carbocycles. The maximum atomic E-state index is 11.9. The molecule has 3 rings (SSSR count). The van der Waals surface area contributed by atoms with Gasteiger partial charge in [0.2, 0.25) is 5.91 Å². The van der Waals surface area contributed by atoms with Crippen molar-refractivity contribution >= 4 is 21.8 Å². The maximum absolute atomic E-state index is 11.9. The summed E-state index contributed by atoms with van der Waals surface area (Å²) in [4.78, 5) is 14.1. The Morgan fingerprint density at radius 1 is 1.20 bits per heavy atom. The third kappa shape index (κ3) is 3.08. The Kier molecular flexibility index (Phi) is 4.45. The number of benzene rings is 1. The van der Waals surface area contributed by atoms with E-state index in [2.05, 4.69) is 45.1 Å². The molecular formula is C17H22BrNO. The van der Waals surface area contributed by atoms with Gasteiger partial charge in [-0.05, 0) is 49.7 Å². The summed E-state index contributed by atoms with van der Waals surface area (Å²) in [5.41, 5.74) is 1.41. The van der Waals surface area contributed by atoms with E-state index in [1.807, 2.05) is 0 Å². The Hall–Kier alpha value is -0.830. The van der Waals surface area contributed by atoms with Gasteiger partial charge in [0.1, 0.15) is 0 Å². The fourth-order valence-electron chi connectivity index (χ4n) is 3.76. The highest BCUT2D eigenvalue weighted by Crippen LogP contribution is 2.33. The lowest BCUT2D eigenvalue weighted by Crippen LogP contribution is -2.39. The van der Waals surface area contributed by atoms with Crippen molar-refractivity contribution in [2.45, 2.75) is 51.0 Å². The monoisotopic (exact) mass is 335 g/mol. The van der Waals surface area contributed by atoms with Crippen LogP contribution in [0.4, 0.5) is 0 Å². The van der Waals surface area contributed by atoms with Gasteiger partial charge in [-0.25, -0.2) is 0 Å². The summed E-state index contributed by atoms with van der Waals surface area (Å²) in [6, 6.07) is 9.03. The van der Waals surface area contributed by atoms with E-state index < -0.39 is 0 Å². The van der Waals surface area contributed by atoms with Crippen LogP contribution < -0.4 is 0 Å². The van der Waals surface area contributed by atoms with E-state index in [1.165, 1.54) is 35.7 Å². The number of nitrogens with zero attached hydrogens (tertiary/aromatic N) is 1. The van der Waals surface area contributed by atoms with Crippen molar-refractivity contribution in [2.24, 2.45) is 5.92 Å². The fourth-order valence-corrected chi connectivity index (χ4v) is 4.21. The first-order valence-electron chi connectivity index (χ1n) is 7.77. The Balaban J connectivity index is 1.63. The highest BCUT2D eigenvalue weighted by atomic mass is 79.9. The predicted molar refractivity (Wildman–Crippen MR) is 84.5 cm³/mol. The summed E-state index contributed by atoms with van der Waals surface area (Å²) in [6.07, 6.45) is 7.93. The van der Waals surface area contributed by atoms with Gasteiger partial charge < -0.3 is 4.90 Å². The van der Waals surface area contributed by atoms with E-state index in [9.17, 15) is 4.79 Å². The zero-order chi connectivity index (χ0) is 13.9. The average molecular weight is 336 g/mol. The number of likely N-dealkylation sites (tertiary alicyclic amines) is 1. The van der Waals surface area contributed by atoms with Crippen LogP contribution in [0, 0.1) is 5.92 Å². The SMILES string of the molecule is O=C1CCCN1C1CCCC(Cc2ccccc2Br)C1. The molecular weight excluding hydrogens is 314 g/mol. The summed E-state index contributed by atoms with van der Waals surface area (Å²) in [7, 11) is 0. The van der Waals surface area contributed by atoms with Gasteiger partial charge in [-0.15, -0.1) is 0 Å². The molecule has 20 heavy (non-hydrogen) atoms. The van der Waals surface area contributed by atoms with E-state index in [0.717, 1.165) is 31.7 Å². The molecule has 2 fully saturated rings. The molecule has 2 aliphatic rings. The number of amides is 1. The second-order valence-corrected chi connectivity index (χ2v) is 7.03. The molecule has 1 saturated carbocycles. The number of halogens is 1. The predicted octanol–water partition coefficient (Wildman–Crippen LogP) is 4.17. The van der Waals surface area contributed by atoms with E-state index in [4.69, 9.17) is 0 Å². The van der Waals surface area contributed by atoms with Crippen LogP contribution >= 0.6 is 15.9 Å². The van der Waals surface area contributed by atoms with Crippen molar-refractivity contribution < 1.29 is 4.79 Å². The average Bonchev–Trinajstić information content (AvgIpc) is 2.88. The van der Waals surface area contributed by atoms with E-state index in [0.29, 0.717) is 11.9 Å². The molecule has 0 N–H and O–H groups in total. The van der Waals surface area contributed by atoms with Crippen LogP contribution in [0.5, 0.6) is 0 Å². The standard InChI is InChI=1S/C17H22BrNO/c18-16-8-2-1-6-14(16)11-13-5-3-7-15(12-13)19-10-4-9-17(19)20/h1-2,6,8,13,15H,3-5,7,9-12H2. The molecule has 108 valence electrons. The number of carbonyl (C=O) groups excluding carboxylic acids is 1. The smallest absolute Gasteiger partial charge is 0.222 e. The molecule has 1 aromatic rings. The Labute approximate surface area is 129 Å². The molecule has 0 spiro atoms. The molecule has 2 unspecified atom stereocenters. The fraction of sp³-hybridized carbons (Fsp3) is 0.588. The second kappa shape index (κ2) is 6.30. The highest BCUT2D eigenvalue weighted by molar-refractivity contribution is 9.10. The highest BCUT2D eigenvalue weighted by Gasteiger charge is 2.32. The van der Waals surface area contributed by atoms with Gasteiger partial charge in [0.05, 0.1) is 0 Å². The first kappa shape index (κ1) is 14.1. The molecule has 1 aliphatic heterocycles. The summed E-state index contributed by atoms with van der Waals surface area (Å²) >= 11 is 3.65. The van der Waals surface area contributed by atoms with Crippen LogP contribution in [0.2, 0.25) is 0 Å². The van der Waals surface area contributed by atoms with E-state index >= 15 is 0 Å². The molecule has 1 amide bonds. The van der Waals surface area contributed by atoms with Gasteiger partial charge in [-0.2, -0.15) is 0 Å². The third-order valence-electron chi connectivity index (χ3n) is 4.77. The minimum absolute atomic E-state index is 0.386. The van der Waals surface area contributed by atoms with Gasteiger partial charge in [0.15, 0.2) is 0 Å². The van der Waals surface area contributed by atoms with Gasteiger partial charge >= 0.3 is 0 Å². The van der Waals surface area contributed by atoms with Crippen LogP contribution in [-0.2, 0) is 11.2 Å². The van der Waals surface area contributed by atoms with Crippen molar-refractivity contribution in [3.05, 3.63) is 34.3 Å². The van der Waals surface area contributed by atoms with Gasteiger partial charge in [-0.1, -0.05) is 40.5 Å². The molecule has 1 heterocycles.